The highest BCUT2D eigenvalue weighted by Gasteiger charge is 2.33. The van der Waals surface area contributed by atoms with Crippen LogP contribution in [0.4, 0.5) is 0 Å². The predicted octanol–water partition coefficient (Wildman–Crippen LogP) is 3.34. The van der Waals surface area contributed by atoms with E-state index in [-0.39, 0.29) is 11.9 Å². The summed E-state index contributed by atoms with van der Waals surface area (Å²) in [5.41, 5.74) is -0.457. The summed E-state index contributed by atoms with van der Waals surface area (Å²) in [4.78, 5) is 12.4. The van der Waals surface area contributed by atoms with E-state index >= 15 is 0 Å². The third-order valence-electron chi connectivity index (χ3n) is 3.67. The van der Waals surface area contributed by atoms with Gasteiger partial charge in [0, 0.05) is 6.04 Å². The molecule has 0 aliphatic heterocycles. The topological polar surface area (TPSA) is 41.1 Å². The summed E-state index contributed by atoms with van der Waals surface area (Å²) in [7, 11) is 0. The van der Waals surface area contributed by atoms with Gasteiger partial charge in [-0.05, 0) is 45.6 Å². The van der Waals surface area contributed by atoms with Crippen molar-refractivity contribution < 1.29 is 4.79 Å². The smallest absolute Gasteiger partial charge is 0.240 e. The van der Waals surface area contributed by atoms with Gasteiger partial charge in [-0.15, -0.1) is 0 Å². The Morgan fingerprint density at radius 1 is 1.11 bits per heavy atom. The Morgan fingerprint density at radius 3 is 2.00 bits per heavy atom. The zero-order valence-electron chi connectivity index (χ0n) is 14.0. The van der Waals surface area contributed by atoms with Crippen LogP contribution in [0.25, 0.3) is 0 Å². The van der Waals surface area contributed by atoms with Crippen LogP contribution in [0.2, 0.25) is 0 Å². The first-order valence-electron chi connectivity index (χ1n) is 7.81. The van der Waals surface area contributed by atoms with Crippen LogP contribution in [-0.2, 0) is 4.79 Å². The normalized spacial score (nSPS) is 15.1. The van der Waals surface area contributed by atoms with Gasteiger partial charge in [-0.3, -0.25) is 4.79 Å². The summed E-state index contributed by atoms with van der Waals surface area (Å²) in [6.45, 7) is 15.7. The molecular formula is C16H34N2O. The number of carbonyl (C=O) groups excluding carboxylic acids is 1. The zero-order valence-corrected chi connectivity index (χ0v) is 14.0. The number of nitrogens with one attached hydrogen (secondary N) is 2. The second-order valence-electron chi connectivity index (χ2n) is 6.62. The fourth-order valence-electron chi connectivity index (χ4n) is 2.43. The van der Waals surface area contributed by atoms with E-state index in [9.17, 15) is 4.79 Å². The number of hydrogen-bond acceptors (Lipinski definition) is 2. The van der Waals surface area contributed by atoms with E-state index in [0.29, 0.717) is 11.8 Å². The molecule has 0 aromatic rings. The lowest BCUT2D eigenvalue weighted by molar-refractivity contribution is -0.128. The van der Waals surface area contributed by atoms with Gasteiger partial charge in [-0.25, -0.2) is 0 Å². The summed E-state index contributed by atoms with van der Waals surface area (Å²) in [5, 5.41) is 6.57. The van der Waals surface area contributed by atoms with Crippen molar-refractivity contribution in [3.05, 3.63) is 0 Å². The molecule has 0 saturated heterocycles. The molecule has 0 fully saturated rings. The number of amides is 1. The minimum atomic E-state index is -0.457. The van der Waals surface area contributed by atoms with Crippen LogP contribution >= 0.6 is 0 Å². The Hall–Kier alpha value is -0.570. The van der Waals surface area contributed by atoms with Crippen molar-refractivity contribution in [3.8, 4) is 0 Å². The largest absolute Gasteiger partial charge is 0.352 e. The van der Waals surface area contributed by atoms with Gasteiger partial charge >= 0.3 is 0 Å². The third-order valence-corrected chi connectivity index (χ3v) is 3.67. The average molecular weight is 270 g/mol. The van der Waals surface area contributed by atoms with E-state index in [4.69, 9.17) is 0 Å². The van der Waals surface area contributed by atoms with Crippen molar-refractivity contribution in [1.82, 2.24) is 10.6 Å². The van der Waals surface area contributed by atoms with Gasteiger partial charge in [-0.1, -0.05) is 40.5 Å². The minimum Gasteiger partial charge on any atom is -0.352 e. The molecule has 0 radical (unpaired) electrons. The van der Waals surface area contributed by atoms with Gasteiger partial charge in [0.25, 0.3) is 0 Å². The highest BCUT2D eigenvalue weighted by Crippen LogP contribution is 2.18. The van der Waals surface area contributed by atoms with E-state index < -0.39 is 5.54 Å². The summed E-state index contributed by atoms with van der Waals surface area (Å²) in [6, 6.07) is 0.189. The Labute approximate surface area is 119 Å². The van der Waals surface area contributed by atoms with E-state index in [2.05, 4.69) is 38.3 Å². The van der Waals surface area contributed by atoms with Gasteiger partial charge in [0.2, 0.25) is 5.91 Å². The number of carbonyl (C=O) groups is 1. The zero-order chi connectivity index (χ0) is 15.1. The summed E-state index contributed by atoms with van der Waals surface area (Å²) in [6.07, 6.45) is 3.19. The van der Waals surface area contributed by atoms with Crippen molar-refractivity contribution in [2.45, 2.75) is 79.3 Å². The lowest BCUT2D eigenvalue weighted by atomic mass is 9.88. The Bertz CT molecular complexity index is 259. The first-order valence-corrected chi connectivity index (χ1v) is 7.81. The highest BCUT2D eigenvalue weighted by molar-refractivity contribution is 5.86. The van der Waals surface area contributed by atoms with E-state index in [1.807, 2.05) is 20.8 Å². The highest BCUT2D eigenvalue weighted by atomic mass is 16.2. The lowest BCUT2D eigenvalue weighted by Gasteiger charge is -2.33. The Balaban J connectivity index is 4.71. The summed E-state index contributed by atoms with van der Waals surface area (Å²) in [5.74, 6) is 1.28. The van der Waals surface area contributed by atoms with Crippen molar-refractivity contribution in [2.75, 3.05) is 6.54 Å². The molecular weight excluding hydrogens is 236 g/mol. The monoisotopic (exact) mass is 270 g/mol. The Kier molecular flexibility index (Phi) is 8.31. The Morgan fingerprint density at radius 2 is 1.63 bits per heavy atom. The maximum atomic E-state index is 12.4. The molecule has 0 aromatic heterocycles. The van der Waals surface area contributed by atoms with Crippen LogP contribution in [0.3, 0.4) is 0 Å². The summed E-state index contributed by atoms with van der Waals surface area (Å²) >= 11 is 0. The molecule has 0 aromatic carbocycles. The van der Waals surface area contributed by atoms with Crippen molar-refractivity contribution >= 4 is 5.91 Å². The van der Waals surface area contributed by atoms with Crippen LogP contribution in [-0.4, -0.2) is 24.0 Å². The molecule has 3 heteroatoms. The quantitative estimate of drug-likeness (QED) is 0.674. The van der Waals surface area contributed by atoms with E-state index in [1.54, 1.807) is 0 Å². The first kappa shape index (κ1) is 18.4. The molecule has 3 nitrogen and oxygen atoms in total. The average Bonchev–Trinajstić information content (AvgIpc) is 2.28. The van der Waals surface area contributed by atoms with E-state index in [1.165, 1.54) is 0 Å². The second-order valence-corrected chi connectivity index (χ2v) is 6.62. The molecule has 1 amide bonds. The van der Waals surface area contributed by atoms with Crippen LogP contribution in [0, 0.1) is 11.8 Å². The number of rotatable bonds is 9. The molecule has 1 atom stereocenters. The lowest BCUT2D eigenvalue weighted by Crippen LogP contribution is -2.57. The maximum Gasteiger partial charge on any atom is 0.240 e. The molecule has 0 heterocycles. The second kappa shape index (κ2) is 8.57. The molecule has 1 unspecified atom stereocenters. The molecule has 114 valence electrons. The van der Waals surface area contributed by atoms with Gasteiger partial charge in [0.05, 0.1) is 5.54 Å². The fraction of sp³-hybridized carbons (Fsp3) is 0.938. The molecule has 0 bridgehead atoms. The standard InChI is InChI=1S/C16H34N2O/c1-8-14(9-2)11-17-16(7,10-12(3)4)15(19)18-13(5)6/h12-14,17H,8-11H2,1-7H3,(H,18,19). The van der Waals surface area contributed by atoms with Gasteiger partial charge < -0.3 is 10.6 Å². The summed E-state index contributed by atoms with van der Waals surface area (Å²) < 4.78 is 0. The third kappa shape index (κ3) is 6.95. The van der Waals surface area contributed by atoms with Crippen molar-refractivity contribution in [1.29, 1.82) is 0 Å². The minimum absolute atomic E-state index is 0.127. The van der Waals surface area contributed by atoms with Crippen molar-refractivity contribution in [2.24, 2.45) is 11.8 Å². The van der Waals surface area contributed by atoms with E-state index in [0.717, 1.165) is 25.8 Å². The number of hydrogen-bond donors (Lipinski definition) is 2. The van der Waals surface area contributed by atoms with Crippen LogP contribution < -0.4 is 10.6 Å². The molecule has 0 spiro atoms. The van der Waals surface area contributed by atoms with Crippen LogP contribution in [0.5, 0.6) is 0 Å². The van der Waals surface area contributed by atoms with Crippen LogP contribution in [0.15, 0.2) is 0 Å². The molecule has 19 heavy (non-hydrogen) atoms. The molecule has 2 N–H and O–H groups in total. The molecule has 0 rings (SSSR count). The molecule has 0 saturated carbocycles. The van der Waals surface area contributed by atoms with Gasteiger partial charge in [0.15, 0.2) is 0 Å². The maximum absolute atomic E-state index is 12.4. The fourth-order valence-corrected chi connectivity index (χ4v) is 2.43. The molecule has 0 aliphatic carbocycles. The van der Waals surface area contributed by atoms with Gasteiger partial charge in [-0.2, -0.15) is 0 Å². The van der Waals surface area contributed by atoms with Crippen LogP contribution in [0.1, 0.15) is 67.7 Å². The SMILES string of the molecule is CCC(CC)CNC(C)(CC(C)C)C(=O)NC(C)C. The first-order chi connectivity index (χ1) is 8.75. The van der Waals surface area contributed by atoms with Gasteiger partial charge in [0.1, 0.15) is 0 Å². The molecule has 0 aliphatic rings. The van der Waals surface area contributed by atoms with Crippen molar-refractivity contribution in [3.63, 3.8) is 0 Å². The predicted molar refractivity (Wildman–Crippen MR) is 83.2 cm³/mol.